The van der Waals surface area contributed by atoms with Crippen LogP contribution in [0.4, 0.5) is 11.4 Å². The zero-order valence-electron chi connectivity index (χ0n) is 14.9. The van der Waals surface area contributed by atoms with Crippen molar-refractivity contribution in [2.45, 2.75) is 39.5 Å². The molecular formula is C18H27N3O3S. The molecule has 1 aliphatic heterocycles. The van der Waals surface area contributed by atoms with Crippen molar-refractivity contribution in [2.75, 3.05) is 28.9 Å². The van der Waals surface area contributed by atoms with Gasteiger partial charge in [-0.05, 0) is 62.9 Å². The van der Waals surface area contributed by atoms with E-state index in [-0.39, 0.29) is 17.1 Å². The first-order valence-electron chi connectivity index (χ1n) is 8.99. The smallest absolute Gasteiger partial charge is 0.232 e. The molecule has 25 heavy (non-hydrogen) atoms. The van der Waals surface area contributed by atoms with Crippen LogP contribution in [-0.2, 0) is 14.8 Å². The molecule has 1 amide bonds. The first-order chi connectivity index (χ1) is 11.9. The number of rotatable bonds is 5. The minimum atomic E-state index is -3.31. The molecule has 1 saturated heterocycles. The number of anilines is 2. The average molecular weight is 365 g/mol. The maximum absolute atomic E-state index is 13.0. The fourth-order valence-corrected chi connectivity index (χ4v) is 4.75. The molecule has 2 fully saturated rings. The van der Waals surface area contributed by atoms with Gasteiger partial charge < -0.3 is 10.6 Å². The predicted octanol–water partition coefficient (Wildman–Crippen LogP) is 2.47. The summed E-state index contributed by atoms with van der Waals surface area (Å²) in [4.78, 5) is 13.0. The van der Waals surface area contributed by atoms with Gasteiger partial charge in [0.25, 0.3) is 0 Å². The zero-order valence-corrected chi connectivity index (χ0v) is 15.7. The lowest BCUT2D eigenvalue weighted by Gasteiger charge is -2.37. The molecule has 1 aliphatic carbocycles. The van der Waals surface area contributed by atoms with E-state index in [0.29, 0.717) is 17.3 Å². The summed E-state index contributed by atoms with van der Waals surface area (Å²) >= 11 is 0. The van der Waals surface area contributed by atoms with E-state index in [1.807, 2.05) is 13.0 Å². The Labute approximate surface area is 149 Å². The van der Waals surface area contributed by atoms with Crippen molar-refractivity contribution in [1.29, 1.82) is 0 Å². The second-order valence-electron chi connectivity index (χ2n) is 7.22. The molecule has 1 heterocycles. The van der Waals surface area contributed by atoms with Crippen LogP contribution in [0.2, 0.25) is 0 Å². The fraction of sp³-hybridized carbons (Fsp3) is 0.611. The van der Waals surface area contributed by atoms with E-state index in [1.54, 1.807) is 19.1 Å². The van der Waals surface area contributed by atoms with Gasteiger partial charge in [-0.2, -0.15) is 0 Å². The number of nitrogens with one attached hydrogen (secondary N) is 3. The van der Waals surface area contributed by atoms with E-state index in [9.17, 15) is 13.2 Å². The lowest BCUT2D eigenvalue weighted by atomic mass is 9.67. The Bertz CT molecular complexity index is 763. The summed E-state index contributed by atoms with van der Waals surface area (Å²) < 4.78 is 26.0. The highest BCUT2D eigenvalue weighted by atomic mass is 32.2. The van der Waals surface area contributed by atoms with Crippen LogP contribution in [0.25, 0.3) is 0 Å². The predicted molar refractivity (Wildman–Crippen MR) is 100 cm³/mol. The van der Waals surface area contributed by atoms with Gasteiger partial charge in [0.05, 0.1) is 16.9 Å². The molecule has 2 atom stereocenters. The van der Waals surface area contributed by atoms with Gasteiger partial charge in [-0.25, -0.2) is 8.42 Å². The monoisotopic (exact) mass is 365 g/mol. The molecule has 0 radical (unpaired) electrons. The first-order valence-corrected chi connectivity index (χ1v) is 10.6. The number of hydrogen-bond donors (Lipinski definition) is 3. The second kappa shape index (κ2) is 6.96. The summed E-state index contributed by atoms with van der Waals surface area (Å²) in [6, 6.07) is 5.29. The molecule has 0 unspecified atom stereocenters. The van der Waals surface area contributed by atoms with Crippen molar-refractivity contribution in [3.8, 4) is 0 Å². The molecule has 7 heteroatoms. The van der Waals surface area contributed by atoms with Crippen LogP contribution in [0.3, 0.4) is 0 Å². The SMILES string of the molecule is CCS(=O)(=O)Nc1ccc(NC(=O)[C@@]23CCCC[C@H]2CNC3)cc1C. The molecule has 0 aromatic heterocycles. The standard InChI is InChI=1S/C18H27N3O3S/c1-3-25(23,24)21-16-8-7-15(10-13(16)2)20-17(22)18-9-5-4-6-14(18)11-19-12-18/h7-8,10,14,19,21H,3-6,9,11-12H2,1-2H3,(H,20,22)/t14-,18+/m0/s1. The van der Waals surface area contributed by atoms with Crippen LogP contribution in [0, 0.1) is 18.3 Å². The normalized spacial score (nSPS) is 26.1. The first kappa shape index (κ1) is 18.2. The Morgan fingerprint density at radius 1 is 1.36 bits per heavy atom. The molecule has 138 valence electrons. The van der Waals surface area contributed by atoms with Gasteiger partial charge in [0, 0.05) is 12.2 Å². The molecule has 1 saturated carbocycles. The van der Waals surface area contributed by atoms with Crippen molar-refractivity contribution in [3.05, 3.63) is 23.8 Å². The molecule has 1 aromatic carbocycles. The average Bonchev–Trinajstić information content (AvgIpc) is 3.02. The van der Waals surface area contributed by atoms with E-state index in [2.05, 4.69) is 15.4 Å². The summed E-state index contributed by atoms with van der Waals surface area (Å²) in [6.07, 6.45) is 4.34. The molecule has 2 aliphatic rings. The Kier molecular flexibility index (Phi) is 5.06. The van der Waals surface area contributed by atoms with Gasteiger partial charge >= 0.3 is 0 Å². The Hall–Kier alpha value is -1.60. The molecule has 3 N–H and O–H groups in total. The van der Waals surface area contributed by atoms with Crippen molar-refractivity contribution in [2.24, 2.45) is 11.3 Å². The Morgan fingerprint density at radius 3 is 2.88 bits per heavy atom. The van der Waals surface area contributed by atoms with E-state index < -0.39 is 10.0 Å². The third-order valence-corrected chi connectivity index (χ3v) is 6.91. The van der Waals surface area contributed by atoms with Crippen LogP contribution < -0.4 is 15.4 Å². The highest BCUT2D eigenvalue weighted by Crippen LogP contribution is 2.44. The number of sulfonamides is 1. The minimum absolute atomic E-state index is 0.0296. The molecule has 1 aromatic rings. The van der Waals surface area contributed by atoms with Gasteiger partial charge in [0.1, 0.15) is 0 Å². The number of hydrogen-bond acceptors (Lipinski definition) is 4. The summed E-state index contributed by atoms with van der Waals surface area (Å²) in [5.74, 6) is 0.531. The largest absolute Gasteiger partial charge is 0.326 e. The van der Waals surface area contributed by atoms with E-state index in [0.717, 1.165) is 37.9 Å². The Morgan fingerprint density at radius 2 is 2.16 bits per heavy atom. The van der Waals surface area contributed by atoms with E-state index in [4.69, 9.17) is 0 Å². The summed E-state index contributed by atoms with van der Waals surface area (Å²) in [7, 11) is -3.31. The minimum Gasteiger partial charge on any atom is -0.326 e. The molecular weight excluding hydrogens is 338 g/mol. The van der Waals surface area contributed by atoms with Crippen molar-refractivity contribution >= 4 is 27.3 Å². The van der Waals surface area contributed by atoms with Crippen molar-refractivity contribution < 1.29 is 13.2 Å². The van der Waals surface area contributed by atoms with Gasteiger partial charge in [-0.15, -0.1) is 0 Å². The highest BCUT2D eigenvalue weighted by molar-refractivity contribution is 7.92. The summed E-state index contributed by atoms with van der Waals surface area (Å²) in [5, 5.41) is 6.45. The highest BCUT2D eigenvalue weighted by Gasteiger charge is 2.49. The number of amides is 1. The van der Waals surface area contributed by atoms with Gasteiger partial charge in [0.15, 0.2) is 0 Å². The third-order valence-electron chi connectivity index (χ3n) is 5.62. The molecule has 0 spiro atoms. The number of fused-ring (bicyclic) bond motifs is 1. The van der Waals surface area contributed by atoms with Crippen LogP contribution >= 0.6 is 0 Å². The quantitative estimate of drug-likeness (QED) is 0.748. The number of carbonyl (C=O) groups excluding carboxylic acids is 1. The number of carbonyl (C=O) groups is 1. The third kappa shape index (κ3) is 3.67. The maximum Gasteiger partial charge on any atom is 0.232 e. The van der Waals surface area contributed by atoms with Crippen LogP contribution in [0.5, 0.6) is 0 Å². The van der Waals surface area contributed by atoms with Crippen LogP contribution in [-0.4, -0.2) is 33.2 Å². The maximum atomic E-state index is 13.0. The summed E-state index contributed by atoms with van der Waals surface area (Å²) in [6.45, 7) is 5.10. The number of benzene rings is 1. The van der Waals surface area contributed by atoms with Gasteiger partial charge in [0.2, 0.25) is 15.9 Å². The fourth-order valence-electron chi connectivity index (χ4n) is 4.04. The Balaban J connectivity index is 1.75. The molecule has 3 rings (SSSR count). The van der Waals surface area contributed by atoms with Gasteiger partial charge in [-0.3, -0.25) is 9.52 Å². The molecule has 6 nitrogen and oxygen atoms in total. The summed E-state index contributed by atoms with van der Waals surface area (Å²) in [5.41, 5.74) is 1.76. The van der Waals surface area contributed by atoms with Crippen molar-refractivity contribution in [1.82, 2.24) is 5.32 Å². The van der Waals surface area contributed by atoms with Crippen LogP contribution in [0.15, 0.2) is 18.2 Å². The van der Waals surface area contributed by atoms with E-state index in [1.165, 1.54) is 6.42 Å². The molecule has 0 bridgehead atoms. The van der Waals surface area contributed by atoms with Gasteiger partial charge in [-0.1, -0.05) is 12.8 Å². The second-order valence-corrected chi connectivity index (χ2v) is 9.23. The topological polar surface area (TPSA) is 87.3 Å². The van der Waals surface area contributed by atoms with Crippen LogP contribution in [0.1, 0.15) is 38.2 Å². The lowest BCUT2D eigenvalue weighted by molar-refractivity contribution is -0.128. The lowest BCUT2D eigenvalue weighted by Crippen LogP contribution is -2.44. The zero-order chi connectivity index (χ0) is 18.1. The van der Waals surface area contributed by atoms with E-state index >= 15 is 0 Å². The number of aryl methyl sites for hydroxylation is 1. The van der Waals surface area contributed by atoms with Crippen molar-refractivity contribution in [3.63, 3.8) is 0 Å².